The number of nitriles is 1. The third-order valence-corrected chi connectivity index (χ3v) is 6.71. The lowest BCUT2D eigenvalue weighted by Crippen LogP contribution is -2.38. The summed E-state index contributed by atoms with van der Waals surface area (Å²) in [5.74, 6) is -0.177. The summed E-state index contributed by atoms with van der Waals surface area (Å²) in [5, 5.41) is 8.77. The standard InChI is InChI=1S/C18H24N2O4S/c1-12-5-7-20(8-6-12)25(22,23)17-10-16(9-13(2)15(17)4)18(21)24-14(3)11-19/h9-10,12,14H,5-8H2,1-4H3. The van der Waals surface area contributed by atoms with Crippen LogP contribution in [-0.4, -0.2) is 37.9 Å². The Morgan fingerprint density at radius 3 is 2.48 bits per heavy atom. The molecule has 1 unspecified atom stereocenters. The summed E-state index contributed by atoms with van der Waals surface area (Å²) in [6, 6.07) is 4.78. The number of sulfonamides is 1. The molecule has 1 aromatic carbocycles. The second kappa shape index (κ2) is 7.54. The zero-order valence-corrected chi connectivity index (χ0v) is 15.9. The number of nitrogens with zero attached hydrogens (tertiary/aromatic N) is 2. The highest BCUT2D eigenvalue weighted by Crippen LogP contribution is 2.28. The lowest BCUT2D eigenvalue weighted by Gasteiger charge is -2.30. The smallest absolute Gasteiger partial charge is 0.339 e. The van der Waals surface area contributed by atoms with Crippen LogP contribution < -0.4 is 0 Å². The highest BCUT2D eigenvalue weighted by molar-refractivity contribution is 7.89. The zero-order valence-electron chi connectivity index (χ0n) is 15.1. The molecule has 0 bridgehead atoms. The predicted molar refractivity (Wildman–Crippen MR) is 93.6 cm³/mol. The summed E-state index contributed by atoms with van der Waals surface area (Å²) in [5.41, 5.74) is 1.47. The van der Waals surface area contributed by atoms with Gasteiger partial charge in [-0.3, -0.25) is 0 Å². The second-order valence-corrected chi connectivity index (χ2v) is 8.59. The SMILES string of the molecule is Cc1cc(C(=O)OC(C)C#N)cc(S(=O)(=O)N2CCC(C)CC2)c1C. The molecule has 1 aromatic rings. The number of rotatable bonds is 4. The Morgan fingerprint density at radius 2 is 1.92 bits per heavy atom. The van der Waals surface area contributed by atoms with E-state index in [1.807, 2.05) is 6.07 Å². The normalized spacial score (nSPS) is 17.7. The van der Waals surface area contributed by atoms with Gasteiger partial charge < -0.3 is 4.74 Å². The Hall–Kier alpha value is -1.91. The van der Waals surface area contributed by atoms with Crippen molar-refractivity contribution in [3.8, 4) is 6.07 Å². The molecule has 0 N–H and O–H groups in total. The van der Waals surface area contributed by atoms with Gasteiger partial charge in [-0.05, 0) is 62.8 Å². The highest BCUT2D eigenvalue weighted by atomic mass is 32.2. The number of carbonyl (C=O) groups excluding carboxylic acids is 1. The van der Waals surface area contributed by atoms with Crippen molar-refractivity contribution in [1.29, 1.82) is 5.26 Å². The fourth-order valence-corrected chi connectivity index (χ4v) is 4.63. The van der Waals surface area contributed by atoms with Gasteiger partial charge in [-0.15, -0.1) is 0 Å². The average molecular weight is 364 g/mol. The summed E-state index contributed by atoms with van der Waals surface area (Å²) in [6.07, 6.45) is 0.773. The second-order valence-electron chi connectivity index (χ2n) is 6.68. The predicted octanol–water partition coefficient (Wildman–Crippen LogP) is 2.79. The zero-order chi connectivity index (χ0) is 18.8. The van der Waals surface area contributed by atoms with E-state index in [1.165, 1.54) is 17.3 Å². The minimum atomic E-state index is -3.67. The fourth-order valence-electron chi connectivity index (χ4n) is 2.83. The monoisotopic (exact) mass is 364 g/mol. The van der Waals surface area contributed by atoms with Crippen molar-refractivity contribution in [1.82, 2.24) is 4.31 Å². The largest absolute Gasteiger partial charge is 0.444 e. The minimum absolute atomic E-state index is 0.138. The number of aryl methyl sites for hydroxylation is 1. The van der Waals surface area contributed by atoms with Crippen LogP contribution >= 0.6 is 0 Å². The summed E-state index contributed by atoms with van der Waals surface area (Å²) >= 11 is 0. The van der Waals surface area contributed by atoms with Crippen molar-refractivity contribution < 1.29 is 17.9 Å². The Balaban J connectivity index is 2.40. The molecule has 1 saturated heterocycles. The molecular weight excluding hydrogens is 340 g/mol. The van der Waals surface area contributed by atoms with E-state index in [0.717, 1.165) is 12.8 Å². The van der Waals surface area contributed by atoms with Crippen LogP contribution in [-0.2, 0) is 14.8 Å². The van der Waals surface area contributed by atoms with E-state index in [0.29, 0.717) is 30.1 Å². The van der Waals surface area contributed by atoms with Gasteiger partial charge in [0, 0.05) is 13.1 Å². The summed E-state index contributed by atoms with van der Waals surface area (Å²) in [4.78, 5) is 12.3. The van der Waals surface area contributed by atoms with Gasteiger partial charge in [-0.1, -0.05) is 6.92 Å². The van der Waals surface area contributed by atoms with Crippen LogP contribution in [0.2, 0.25) is 0 Å². The van der Waals surface area contributed by atoms with E-state index in [1.54, 1.807) is 19.9 Å². The van der Waals surface area contributed by atoms with Gasteiger partial charge in [0.1, 0.15) is 6.07 Å². The first-order valence-electron chi connectivity index (χ1n) is 8.38. The van der Waals surface area contributed by atoms with Crippen molar-refractivity contribution in [3.63, 3.8) is 0 Å². The molecule has 6 nitrogen and oxygen atoms in total. The topological polar surface area (TPSA) is 87.5 Å². The van der Waals surface area contributed by atoms with Gasteiger partial charge in [0.25, 0.3) is 0 Å². The van der Waals surface area contributed by atoms with Gasteiger partial charge in [-0.2, -0.15) is 9.57 Å². The molecule has 0 amide bonds. The first-order valence-corrected chi connectivity index (χ1v) is 9.82. The molecule has 1 fully saturated rings. The van der Waals surface area contributed by atoms with E-state index in [4.69, 9.17) is 10.00 Å². The van der Waals surface area contributed by atoms with Gasteiger partial charge in [-0.25, -0.2) is 13.2 Å². The fraction of sp³-hybridized carbons (Fsp3) is 0.556. The van der Waals surface area contributed by atoms with Crippen LogP contribution in [0.4, 0.5) is 0 Å². The van der Waals surface area contributed by atoms with Crippen LogP contribution in [0, 0.1) is 31.1 Å². The Kier molecular flexibility index (Phi) is 5.86. The lowest BCUT2D eigenvalue weighted by molar-refractivity contribution is 0.0435. The quantitative estimate of drug-likeness (QED) is 0.767. The molecular formula is C18H24N2O4S. The number of benzene rings is 1. The van der Waals surface area contributed by atoms with Gasteiger partial charge >= 0.3 is 5.97 Å². The number of hydrogen-bond donors (Lipinski definition) is 0. The lowest BCUT2D eigenvalue weighted by atomic mass is 10.0. The summed E-state index contributed by atoms with van der Waals surface area (Å²) in [6.45, 7) is 8.06. The van der Waals surface area contributed by atoms with Crippen molar-refractivity contribution in [2.45, 2.75) is 51.5 Å². The van der Waals surface area contributed by atoms with Crippen molar-refractivity contribution in [2.75, 3.05) is 13.1 Å². The molecule has 1 aliphatic rings. The summed E-state index contributed by atoms with van der Waals surface area (Å²) < 4.78 is 32.6. The van der Waals surface area contributed by atoms with Crippen LogP contribution in [0.1, 0.15) is 48.2 Å². The molecule has 0 radical (unpaired) electrons. The van der Waals surface area contributed by atoms with Gasteiger partial charge in [0.15, 0.2) is 6.10 Å². The number of ether oxygens (including phenoxy) is 1. The summed E-state index contributed by atoms with van der Waals surface area (Å²) in [7, 11) is -3.67. The third-order valence-electron chi connectivity index (χ3n) is 4.68. The molecule has 2 rings (SSSR count). The Bertz CT molecular complexity index is 803. The maximum Gasteiger partial charge on any atom is 0.339 e. The van der Waals surface area contributed by atoms with Crippen LogP contribution in [0.3, 0.4) is 0 Å². The van der Waals surface area contributed by atoms with E-state index < -0.39 is 22.1 Å². The Morgan fingerprint density at radius 1 is 1.32 bits per heavy atom. The van der Waals surface area contributed by atoms with Crippen molar-refractivity contribution in [2.24, 2.45) is 5.92 Å². The minimum Gasteiger partial charge on any atom is -0.444 e. The number of piperidine rings is 1. The first-order chi connectivity index (χ1) is 11.7. The molecule has 7 heteroatoms. The van der Waals surface area contributed by atoms with Crippen molar-refractivity contribution in [3.05, 3.63) is 28.8 Å². The molecule has 0 aliphatic carbocycles. The van der Waals surface area contributed by atoms with Crippen molar-refractivity contribution >= 4 is 16.0 Å². The van der Waals surface area contributed by atoms with Crippen LogP contribution in [0.5, 0.6) is 0 Å². The molecule has 25 heavy (non-hydrogen) atoms. The third kappa shape index (κ3) is 4.20. The molecule has 1 aliphatic heterocycles. The Labute approximate surface area is 149 Å². The molecule has 0 saturated carbocycles. The van der Waals surface area contributed by atoms with E-state index in [2.05, 4.69) is 6.92 Å². The van der Waals surface area contributed by atoms with E-state index in [-0.39, 0.29) is 10.5 Å². The van der Waals surface area contributed by atoms with E-state index >= 15 is 0 Å². The molecule has 136 valence electrons. The molecule has 1 heterocycles. The average Bonchev–Trinajstić information content (AvgIpc) is 2.57. The molecule has 0 spiro atoms. The number of hydrogen-bond acceptors (Lipinski definition) is 5. The maximum absolute atomic E-state index is 13.0. The number of carbonyl (C=O) groups is 1. The van der Waals surface area contributed by atoms with Gasteiger partial charge in [0.05, 0.1) is 10.5 Å². The van der Waals surface area contributed by atoms with Crippen LogP contribution in [0.15, 0.2) is 17.0 Å². The molecule has 0 aromatic heterocycles. The maximum atomic E-state index is 13.0. The first kappa shape index (κ1) is 19.4. The van der Waals surface area contributed by atoms with E-state index in [9.17, 15) is 13.2 Å². The molecule has 1 atom stereocenters. The highest BCUT2D eigenvalue weighted by Gasteiger charge is 2.30. The number of esters is 1. The van der Waals surface area contributed by atoms with Crippen LogP contribution in [0.25, 0.3) is 0 Å². The van der Waals surface area contributed by atoms with Gasteiger partial charge in [0.2, 0.25) is 10.0 Å².